The average molecular weight is 429 g/mol. The summed E-state index contributed by atoms with van der Waals surface area (Å²) >= 11 is 1.60. The predicted molar refractivity (Wildman–Crippen MR) is 121 cm³/mol. The van der Waals surface area contributed by atoms with Crippen molar-refractivity contribution in [3.05, 3.63) is 83.5 Å². The van der Waals surface area contributed by atoms with E-state index in [1.165, 1.54) is 0 Å². The Morgan fingerprint density at radius 1 is 1.06 bits per heavy atom. The Bertz CT molecular complexity index is 1240. The number of amides is 2. The lowest BCUT2D eigenvalue weighted by molar-refractivity contribution is 0.0777. The minimum atomic E-state index is -0.145. The molecule has 1 N–H and O–H groups in total. The number of hydrogen-bond acceptors (Lipinski definition) is 5. The van der Waals surface area contributed by atoms with Gasteiger partial charge in [-0.3, -0.25) is 14.6 Å². The number of pyridine rings is 2. The second-order valence-electron chi connectivity index (χ2n) is 7.47. The zero-order valence-corrected chi connectivity index (χ0v) is 17.5. The van der Waals surface area contributed by atoms with Gasteiger partial charge in [0, 0.05) is 30.7 Å². The number of rotatable bonds is 4. The average Bonchev–Trinajstić information content (AvgIpc) is 3.51. The molecule has 0 bridgehead atoms. The first kappa shape index (κ1) is 19.4. The van der Waals surface area contributed by atoms with Gasteiger partial charge in [-0.1, -0.05) is 30.3 Å². The van der Waals surface area contributed by atoms with E-state index in [0.717, 1.165) is 21.5 Å². The summed E-state index contributed by atoms with van der Waals surface area (Å²) in [6, 6.07) is 18.7. The van der Waals surface area contributed by atoms with Crippen molar-refractivity contribution < 1.29 is 9.59 Å². The van der Waals surface area contributed by atoms with Crippen LogP contribution in [0.5, 0.6) is 0 Å². The van der Waals surface area contributed by atoms with Crippen LogP contribution >= 0.6 is 11.3 Å². The maximum atomic E-state index is 13.2. The topological polar surface area (TPSA) is 75.2 Å². The zero-order valence-electron chi connectivity index (χ0n) is 16.7. The number of hydrogen-bond donors (Lipinski definition) is 1. The molecule has 1 aliphatic heterocycles. The summed E-state index contributed by atoms with van der Waals surface area (Å²) in [5, 5.41) is 5.94. The first-order valence-electron chi connectivity index (χ1n) is 10.1. The van der Waals surface area contributed by atoms with Crippen molar-refractivity contribution in [2.45, 2.75) is 12.5 Å². The summed E-state index contributed by atoms with van der Waals surface area (Å²) in [5.74, 6) is -0.250. The fourth-order valence-electron chi connectivity index (χ4n) is 3.89. The standard InChI is InChI=1S/C24H20N4O2S/c29-23(26-16-10-12-28(15-16)24(30)20-8-3-4-11-25-20)18-14-21(22-9-5-13-31-22)27-19-7-2-1-6-17(18)19/h1-9,11,13-14,16H,10,12,15H2,(H,26,29)/t16-/m1/s1. The minimum absolute atomic E-state index is 0.0997. The number of fused-ring (bicyclic) bond motifs is 1. The quantitative estimate of drug-likeness (QED) is 0.533. The van der Waals surface area contributed by atoms with Crippen LogP contribution in [0.2, 0.25) is 0 Å². The van der Waals surface area contributed by atoms with Gasteiger partial charge in [-0.05, 0) is 42.1 Å². The third kappa shape index (κ3) is 3.92. The summed E-state index contributed by atoms with van der Waals surface area (Å²) in [6.45, 7) is 1.07. The van der Waals surface area contributed by atoms with E-state index >= 15 is 0 Å². The van der Waals surface area contributed by atoms with Crippen LogP contribution in [0.4, 0.5) is 0 Å². The number of para-hydroxylation sites is 1. The molecule has 0 radical (unpaired) electrons. The second-order valence-corrected chi connectivity index (χ2v) is 8.42. The van der Waals surface area contributed by atoms with Crippen LogP contribution in [0.1, 0.15) is 27.3 Å². The van der Waals surface area contributed by atoms with E-state index in [1.54, 1.807) is 40.6 Å². The normalized spacial score (nSPS) is 15.9. The lowest BCUT2D eigenvalue weighted by atomic mass is 10.1. The number of nitrogens with zero attached hydrogens (tertiary/aromatic N) is 3. The molecule has 1 atom stereocenters. The van der Waals surface area contributed by atoms with Crippen molar-refractivity contribution >= 4 is 34.1 Å². The molecule has 5 rings (SSSR count). The summed E-state index contributed by atoms with van der Waals surface area (Å²) in [6.07, 6.45) is 2.33. The predicted octanol–water partition coefficient (Wildman–Crippen LogP) is 4.00. The van der Waals surface area contributed by atoms with E-state index in [-0.39, 0.29) is 17.9 Å². The second kappa shape index (κ2) is 8.28. The van der Waals surface area contributed by atoms with Crippen molar-refractivity contribution in [1.82, 2.24) is 20.2 Å². The van der Waals surface area contributed by atoms with Crippen LogP contribution in [0.3, 0.4) is 0 Å². The van der Waals surface area contributed by atoms with Crippen LogP contribution < -0.4 is 5.32 Å². The van der Waals surface area contributed by atoms with Gasteiger partial charge in [0.05, 0.1) is 21.7 Å². The molecular weight excluding hydrogens is 408 g/mol. The molecule has 0 saturated carbocycles. The number of likely N-dealkylation sites (tertiary alicyclic amines) is 1. The summed E-state index contributed by atoms with van der Waals surface area (Å²) in [5.41, 5.74) is 2.60. The highest BCUT2D eigenvalue weighted by Gasteiger charge is 2.29. The van der Waals surface area contributed by atoms with Crippen LogP contribution in [0.25, 0.3) is 21.5 Å². The molecule has 154 valence electrons. The molecule has 4 heterocycles. The Balaban J connectivity index is 1.37. The third-order valence-electron chi connectivity index (χ3n) is 5.43. The summed E-state index contributed by atoms with van der Waals surface area (Å²) < 4.78 is 0. The van der Waals surface area contributed by atoms with Gasteiger partial charge in [-0.15, -0.1) is 11.3 Å². The fraction of sp³-hybridized carbons (Fsp3) is 0.167. The van der Waals surface area contributed by atoms with Gasteiger partial charge >= 0.3 is 0 Å². The van der Waals surface area contributed by atoms with Crippen molar-refractivity contribution in [1.29, 1.82) is 0 Å². The largest absolute Gasteiger partial charge is 0.347 e. The van der Waals surface area contributed by atoms with Gasteiger partial charge in [-0.2, -0.15) is 0 Å². The lowest BCUT2D eigenvalue weighted by Crippen LogP contribution is -2.38. The van der Waals surface area contributed by atoms with E-state index in [0.29, 0.717) is 30.8 Å². The highest BCUT2D eigenvalue weighted by molar-refractivity contribution is 7.13. The molecular formula is C24H20N4O2S. The lowest BCUT2D eigenvalue weighted by Gasteiger charge is -2.17. The van der Waals surface area contributed by atoms with Crippen molar-refractivity contribution in [3.63, 3.8) is 0 Å². The van der Waals surface area contributed by atoms with E-state index < -0.39 is 0 Å². The summed E-state index contributed by atoms with van der Waals surface area (Å²) in [4.78, 5) is 37.5. The summed E-state index contributed by atoms with van der Waals surface area (Å²) in [7, 11) is 0. The molecule has 6 nitrogen and oxygen atoms in total. The Hall–Kier alpha value is -3.58. The number of thiophene rings is 1. The first-order valence-corrected chi connectivity index (χ1v) is 11.0. The fourth-order valence-corrected chi connectivity index (χ4v) is 4.58. The molecule has 4 aromatic rings. The Morgan fingerprint density at radius 2 is 1.94 bits per heavy atom. The first-order chi connectivity index (χ1) is 15.2. The van der Waals surface area contributed by atoms with Crippen LogP contribution in [-0.4, -0.2) is 45.8 Å². The third-order valence-corrected chi connectivity index (χ3v) is 6.32. The van der Waals surface area contributed by atoms with E-state index in [9.17, 15) is 9.59 Å². The molecule has 0 unspecified atom stereocenters. The number of carbonyl (C=O) groups is 2. The van der Waals surface area contributed by atoms with E-state index in [4.69, 9.17) is 4.98 Å². The maximum absolute atomic E-state index is 13.2. The molecule has 3 aromatic heterocycles. The molecule has 0 aliphatic carbocycles. The Labute approximate surface area is 183 Å². The number of benzene rings is 1. The highest BCUT2D eigenvalue weighted by atomic mass is 32.1. The molecule has 1 aromatic carbocycles. The molecule has 7 heteroatoms. The smallest absolute Gasteiger partial charge is 0.272 e. The van der Waals surface area contributed by atoms with Gasteiger partial charge < -0.3 is 10.2 Å². The van der Waals surface area contributed by atoms with E-state index in [2.05, 4.69) is 10.3 Å². The number of carbonyl (C=O) groups excluding carboxylic acids is 2. The molecule has 0 spiro atoms. The van der Waals surface area contributed by atoms with Crippen molar-refractivity contribution in [3.8, 4) is 10.6 Å². The molecule has 31 heavy (non-hydrogen) atoms. The van der Waals surface area contributed by atoms with Gasteiger partial charge in [0.25, 0.3) is 11.8 Å². The van der Waals surface area contributed by atoms with Crippen LogP contribution in [0, 0.1) is 0 Å². The molecule has 1 saturated heterocycles. The monoisotopic (exact) mass is 428 g/mol. The van der Waals surface area contributed by atoms with Gasteiger partial charge in [0.1, 0.15) is 5.69 Å². The molecule has 1 fully saturated rings. The van der Waals surface area contributed by atoms with Crippen LogP contribution in [0.15, 0.2) is 72.2 Å². The van der Waals surface area contributed by atoms with E-state index in [1.807, 2.05) is 47.8 Å². The number of nitrogens with one attached hydrogen (secondary N) is 1. The minimum Gasteiger partial charge on any atom is -0.347 e. The van der Waals surface area contributed by atoms with Gasteiger partial charge in [0.15, 0.2) is 0 Å². The van der Waals surface area contributed by atoms with Crippen molar-refractivity contribution in [2.75, 3.05) is 13.1 Å². The zero-order chi connectivity index (χ0) is 21.2. The SMILES string of the molecule is O=C(N[C@@H]1CCN(C(=O)c2ccccn2)C1)c1cc(-c2cccs2)nc2ccccc12. The molecule has 2 amide bonds. The molecule has 1 aliphatic rings. The van der Waals surface area contributed by atoms with Gasteiger partial charge in [-0.25, -0.2) is 4.98 Å². The Kier molecular flexibility index (Phi) is 5.18. The van der Waals surface area contributed by atoms with Crippen LogP contribution in [-0.2, 0) is 0 Å². The number of aromatic nitrogens is 2. The highest BCUT2D eigenvalue weighted by Crippen LogP contribution is 2.28. The maximum Gasteiger partial charge on any atom is 0.272 e. The Morgan fingerprint density at radius 3 is 2.74 bits per heavy atom. The van der Waals surface area contributed by atoms with Gasteiger partial charge in [0.2, 0.25) is 0 Å². The van der Waals surface area contributed by atoms with Crippen molar-refractivity contribution in [2.24, 2.45) is 0 Å².